The smallest absolute Gasteiger partial charge is 0.126 e. The molecule has 1 atom stereocenters. The van der Waals surface area contributed by atoms with Crippen molar-refractivity contribution in [1.29, 1.82) is 0 Å². The summed E-state index contributed by atoms with van der Waals surface area (Å²) in [5, 5.41) is 3.33. The van der Waals surface area contributed by atoms with Crippen molar-refractivity contribution >= 4 is 0 Å². The Hall–Kier alpha value is -1.00. The minimum atomic E-state index is -0.392. The second-order valence-electron chi connectivity index (χ2n) is 4.38. The fourth-order valence-corrected chi connectivity index (χ4v) is 1.86. The van der Waals surface area contributed by atoms with E-state index in [0.717, 1.165) is 25.5 Å². The van der Waals surface area contributed by atoms with E-state index >= 15 is 0 Å². The van der Waals surface area contributed by atoms with Gasteiger partial charge in [0, 0.05) is 13.2 Å². The SMILES string of the molecule is CCCNC(CCc1cc(F)ccc1F)COC. The van der Waals surface area contributed by atoms with Crippen LogP contribution < -0.4 is 5.32 Å². The summed E-state index contributed by atoms with van der Waals surface area (Å²) >= 11 is 0. The van der Waals surface area contributed by atoms with E-state index in [1.54, 1.807) is 7.11 Å². The minimum absolute atomic E-state index is 0.178. The third-order valence-corrected chi connectivity index (χ3v) is 2.82. The topological polar surface area (TPSA) is 21.3 Å². The van der Waals surface area contributed by atoms with Gasteiger partial charge in [-0.3, -0.25) is 0 Å². The minimum Gasteiger partial charge on any atom is -0.383 e. The maximum Gasteiger partial charge on any atom is 0.126 e. The Labute approximate surface area is 107 Å². The Morgan fingerprint density at radius 1 is 1.33 bits per heavy atom. The summed E-state index contributed by atoms with van der Waals surface area (Å²) in [5.41, 5.74) is 0.425. The molecule has 0 bridgehead atoms. The zero-order valence-corrected chi connectivity index (χ0v) is 11.0. The fourth-order valence-electron chi connectivity index (χ4n) is 1.86. The van der Waals surface area contributed by atoms with Gasteiger partial charge < -0.3 is 10.1 Å². The fraction of sp³-hybridized carbons (Fsp3) is 0.571. The van der Waals surface area contributed by atoms with Crippen LogP contribution in [0.2, 0.25) is 0 Å². The molecule has 0 heterocycles. The number of benzene rings is 1. The third kappa shape index (κ3) is 5.10. The first-order valence-electron chi connectivity index (χ1n) is 6.33. The van der Waals surface area contributed by atoms with Gasteiger partial charge in [-0.1, -0.05) is 6.92 Å². The molecule has 0 radical (unpaired) electrons. The number of hydrogen-bond donors (Lipinski definition) is 1. The molecule has 0 spiro atoms. The maximum absolute atomic E-state index is 13.4. The highest BCUT2D eigenvalue weighted by Gasteiger charge is 2.10. The van der Waals surface area contributed by atoms with Crippen LogP contribution in [-0.4, -0.2) is 26.3 Å². The Kier molecular flexibility index (Phi) is 6.83. The molecule has 4 heteroatoms. The molecule has 0 amide bonds. The molecule has 1 aromatic carbocycles. The Bertz CT molecular complexity index is 358. The molecule has 0 saturated heterocycles. The maximum atomic E-state index is 13.4. The highest BCUT2D eigenvalue weighted by Crippen LogP contribution is 2.13. The molecule has 0 aliphatic carbocycles. The van der Waals surface area contributed by atoms with E-state index in [1.165, 1.54) is 12.1 Å². The van der Waals surface area contributed by atoms with E-state index in [4.69, 9.17) is 4.74 Å². The lowest BCUT2D eigenvalue weighted by Crippen LogP contribution is -2.34. The van der Waals surface area contributed by atoms with Gasteiger partial charge in [0.25, 0.3) is 0 Å². The van der Waals surface area contributed by atoms with Gasteiger partial charge in [0.1, 0.15) is 11.6 Å². The van der Waals surface area contributed by atoms with Gasteiger partial charge >= 0.3 is 0 Å². The van der Waals surface area contributed by atoms with Crippen molar-refractivity contribution < 1.29 is 13.5 Å². The van der Waals surface area contributed by atoms with Crippen molar-refractivity contribution in [1.82, 2.24) is 5.32 Å². The molecular weight excluding hydrogens is 236 g/mol. The number of nitrogens with one attached hydrogen (secondary N) is 1. The lowest BCUT2D eigenvalue weighted by Gasteiger charge is -2.17. The summed E-state index contributed by atoms with van der Waals surface area (Å²) in [7, 11) is 1.64. The Morgan fingerprint density at radius 3 is 2.78 bits per heavy atom. The molecule has 2 nitrogen and oxygen atoms in total. The van der Waals surface area contributed by atoms with E-state index in [2.05, 4.69) is 12.2 Å². The molecule has 0 aromatic heterocycles. The number of halogens is 2. The van der Waals surface area contributed by atoms with Gasteiger partial charge in [0.15, 0.2) is 0 Å². The van der Waals surface area contributed by atoms with Crippen LogP contribution in [0.15, 0.2) is 18.2 Å². The summed E-state index contributed by atoms with van der Waals surface area (Å²) < 4.78 is 31.6. The van der Waals surface area contributed by atoms with E-state index in [-0.39, 0.29) is 11.9 Å². The lowest BCUT2D eigenvalue weighted by molar-refractivity contribution is 0.162. The first-order valence-corrected chi connectivity index (χ1v) is 6.33. The van der Waals surface area contributed by atoms with Gasteiger partial charge in [0.05, 0.1) is 6.61 Å². The molecule has 0 aliphatic heterocycles. The average Bonchev–Trinajstić information content (AvgIpc) is 2.36. The molecule has 1 unspecified atom stereocenters. The van der Waals surface area contributed by atoms with Crippen LogP contribution in [0.5, 0.6) is 0 Å². The molecule has 1 N–H and O–H groups in total. The van der Waals surface area contributed by atoms with Crippen molar-refractivity contribution in [2.24, 2.45) is 0 Å². The van der Waals surface area contributed by atoms with E-state index in [9.17, 15) is 8.78 Å². The Morgan fingerprint density at radius 2 is 2.11 bits per heavy atom. The molecule has 0 fully saturated rings. The predicted octanol–water partition coefficient (Wildman–Crippen LogP) is 2.91. The van der Waals surface area contributed by atoms with Crippen LogP contribution in [0.25, 0.3) is 0 Å². The van der Waals surface area contributed by atoms with E-state index in [0.29, 0.717) is 18.6 Å². The van der Waals surface area contributed by atoms with Gasteiger partial charge in [-0.25, -0.2) is 8.78 Å². The monoisotopic (exact) mass is 257 g/mol. The van der Waals surface area contributed by atoms with Crippen molar-refractivity contribution in [3.05, 3.63) is 35.4 Å². The second kappa shape index (κ2) is 8.16. The molecule has 18 heavy (non-hydrogen) atoms. The highest BCUT2D eigenvalue weighted by atomic mass is 19.1. The molecular formula is C14H21F2NO. The van der Waals surface area contributed by atoms with Crippen molar-refractivity contribution in [2.45, 2.75) is 32.2 Å². The van der Waals surface area contributed by atoms with Crippen LogP contribution in [0.1, 0.15) is 25.3 Å². The summed E-state index contributed by atoms with van der Waals surface area (Å²) in [4.78, 5) is 0. The summed E-state index contributed by atoms with van der Waals surface area (Å²) in [6, 6.07) is 3.76. The van der Waals surface area contributed by atoms with Crippen molar-refractivity contribution in [3.63, 3.8) is 0 Å². The lowest BCUT2D eigenvalue weighted by atomic mass is 10.0. The van der Waals surface area contributed by atoms with Crippen LogP contribution in [0, 0.1) is 11.6 Å². The zero-order valence-electron chi connectivity index (χ0n) is 11.0. The first kappa shape index (κ1) is 15.1. The largest absolute Gasteiger partial charge is 0.383 e. The van der Waals surface area contributed by atoms with Crippen LogP contribution in [0.4, 0.5) is 8.78 Å². The number of methoxy groups -OCH3 is 1. The number of hydrogen-bond acceptors (Lipinski definition) is 2. The number of ether oxygens (including phenoxy) is 1. The van der Waals surface area contributed by atoms with Crippen molar-refractivity contribution in [2.75, 3.05) is 20.3 Å². The van der Waals surface area contributed by atoms with Gasteiger partial charge in [-0.05, 0) is 49.6 Å². The summed E-state index contributed by atoms with van der Waals surface area (Å²) in [5.74, 6) is -0.737. The molecule has 1 rings (SSSR count). The van der Waals surface area contributed by atoms with Crippen LogP contribution in [-0.2, 0) is 11.2 Å². The third-order valence-electron chi connectivity index (χ3n) is 2.82. The average molecular weight is 257 g/mol. The molecule has 1 aromatic rings. The normalized spacial score (nSPS) is 12.7. The van der Waals surface area contributed by atoms with Gasteiger partial charge in [-0.15, -0.1) is 0 Å². The summed E-state index contributed by atoms with van der Waals surface area (Å²) in [6.07, 6.45) is 2.27. The summed E-state index contributed by atoms with van der Waals surface area (Å²) in [6.45, 7) is 3.57. The Balaban J connectivity index is 2.52. The second-order valence-corrected chi connectivity index (χ2v) is 4.38. The standard InChI is InChI=1S/C14H21F2NO/c1-3-8-17-13(10-18-2)6-4-11-9-12(15)5-7-14(11)16/h5,7,9,13,17H,3-4,6,8,10H2,1-2H3. The zero-order chi connectivity index (χ0) is 13.4. The van der Waals surface area contributed by atoms with Gasteiger partial charge in [-0.2, -0.15) is 0 Å². The molecule has 0 aliphatic rings. The quantitative estimate of drug-likeness (QED) is 0.773. The highest BCUT2D eigenvalue weighted by molar-refractivity contribution is 5.18. The predicted molar refractivity (Wildman–Crippen MR) is 68.6 cm³/mol. The number of rotatable bonds is 8. The molecule has 102 valence electrons. The molecule has 0 saturated carbocycles. The van der Waals surface area contributed by atoms with Crippen LogP contribution in [0.3, 0.4) is 0 Å². The van der Waals surface area contributed by atoms with Gasteiger partial charge in [0.2, 0.25) is 0 Å². The van der Waals surface area contributed by atoms with Crippen molar-refractivity contribution in [3.8, 4) is 0 Å². The van der Waals surface area contributed by atoms with E-state index in [1.807, 2.05) is 0 Å². The first-order chi connectivity index (χ1) is 8.67. The van der Waals surface area contributed by atoms with Crippen LogP contribution >= 0.6 is 0 Å². The number of aryl methyl sites for hydroxylation is 1. The van der Waals surface area contributed by atoms with E-state index < -0.39 is 5.82 Å².